The van der Waals surface area contributed by atoms with E-state index in [1.807, 2.05) is 13.0 Å². The molecule has 1 aromatic carbocycles. The smallest absolute Gasteiger partial charge is 0.0600 e. The summed E-state index contributed by atoms with van der Waals surface area (Å²) < 4.78 is 0. The third-order valence-electron chi connectivity index (χ3n) is 3.16. The van der Waals surface area contributed by atoms with Crippen LogP contribution in [-0.2, 0) is 13.0 Å². The van der Waals surface area contributed by atoms with Crippen molar-refractivity contribution in [2.75, 3.05) is 18.5 Å². The number of hydrogen-bond acceptors (Lipinski definition) is 3. The third-order valence-corrected chi connectivity index (χ3v) is 3.16. The number of hydrogen-bond donors (Lipinski definition) is 1. The minimum Gasteiger partial charge on any atom is -0.369 e. The van der Waals surface area contributed by atoms with Gasteiger partial charge in [-0.3, -0.25) is 4.98 Å². The molecule has 2 N–H and O–H groups in total. The summed E-state index contributed by atoms with van der Waals surface area (Å²) in [7, 11) is 2.09. The predicted molar refractivity (Wildman–Crippen MR) is 80.3 cm³/mol. The van der Waals surface area contributed by atoms with Gasteiger partial charge in [0.25, 0.3) is 0 Å². The van der Waals surface area contributed by atoms with Gasteiger partial charge in [0.15, 0.2) is 0 Å². The van der Waals surface area contributed by atoms with Gasteiger partial charge in [-0.25, -0.2) is 0 Å². The van der Waals surface area contributed by atoms with E-state index in [0.717, 1.165) is 24.4 Å². The summed E-state index contributed by atoms with van der Waals surface area (Å²) in [6, 6.07) is 14.7. The summed E-state index contributed by atoms with van der Waals surface area (Å²) in [6.45, 7) is 3.53. The molecule has 0 aliphatic heterocycles. The number of benzene rings is 1. The van der Waals surface area contributed by atoms with Gasteiger partial charge in [0.05, 0.1) is 12.2 Å². The second kappa shape index (κ2) is 6.34. The Morgan fingerprint density at radius 1 is 1.11 bits per heavy atom. The number of rotatable bonds is 5. The van der Waals surface area contributed by atoms with E-state index in [4.69, 9.17) is 5.73 Å². The van der Waals surface area contributed by atoms with E-state index in [2.05, 4.69) is 53.3 Å². The van der Waals surface area contributed by atoms with Crippen molar-refractivity contribution in [1.29, 1.82) is 0 Å². The van der Waals surface area contributed by atoms with Crippen LogP contribution in [0.4, 0.5) is 5.69 Å². The topological polar surface area (TPSA) is 42.1 Å². The van der Waals surface area contributed by atoms with Gasteiger partial charge in [0.2, 0.25) is 0 Å². The first-order chi connectivity index (χ1) is 9.19. The van der Waals surface area contributed by atoms with Crippen molar-refractivity contribution in [2.24, 2.45) is 5.73 Å². The average molecular weight is 255 g/mol. The molecule has 0 saturated carbocycles. The molecule has 1 heterocycles. The van der Waals surface area contributed by atoms with Gasteiger partial charge in [-0.2, -0.15) is 0 Å². The molecule has 0 aliphatic carbocycles. The van der Waals surface area contributed by atoms with Crippen LogP contribution in [0, 0.1) is 6.92 Å². The highest BCUT2D eigenvalue weighted by Gasteiger charge is 2.03. The van der Waals surface area contributed by atoms with Crippen LogP contribution in [0.5, 0.6) is 0 Å². The predicted octanol–water partition coefficient (Wildman–Crippen LogP) is 2.53. The summed E-state index contributed by atoms with van der Waals surface area (Å²) in [6.07, 6.45) is 0.934. The molecule has 0 bridgehead atoms. The van der Waals surface area contributed by atoms with Crippen LogP contribution in [0.1, 0.15) is 17.0 Å². The number of anilines is 1. The van der Waals surface area contributed by atoms with E-state index in [1.165, 1.54) is 11.3 Å². The van der Waals surface area contributed by atoms with E-state index >= 15 is 0 Å². The van der Waals surface area contributed by atoms with Crippen LogP contribution < -0.4 is 10.6 Å². The lowest BCUT2D eigenvalue weighted by molar-refractivity contribution is 0.875. The van der Waals surface area contributed by atoms with Gasteiger partial charge in [0.1, 0.15) is 0 Å². The highest BCUT2D eigenvalue weighted by molar-refractivity contribution is 5.47. The molecule has 100 valence electrons. The van der Waals surface area contributed by atoms with E-state index in [0.29, 0.717) is 6.54 Å². The summed E-state index contributed by atoms with van der Waals surface area (Å²) in [5.41, 5.74) is 10.2. The Bertz CT molecular complexity index is 520. The Morgan fingerprint density at radius 2 is 1.84 bits per heavy atom. The number of aromatic nitrogens is 1. The van der Waals surface area contributed by atoms with Crippen molar-refractivity contribution in [1.82, 2.24) is 4.98 Å². The molecule has 0 saturated heterocycles. The molecule has 0 spiro atoms. The highest BCUT2D eigenvalue weighted by Crippen LogP contribution is 2.16. The van der Waals surface area contributed by atoms with Crippen molar-refractivity contribution < 1.29 is 0 Å². The molecule has 3 heteroatoms. The van der Waals surface area contributed by atoms with E-state index in [-0.39, 0.29) is 0 Å². The first-order valence-corrected chi connectivity index (χ1v) is 6.62. The van der Waals surface area contributed by atoms with Crippen molar-refractivity contribution in [3.8, 4) is 0 Å². The lowest BCUT2D eigenvalue weighted by Crippen LogP contribution is -2.17. The second-order valence-corrected chi connectivity index (χ2v) is 4.83. The maximum atomic E-state index is 5.56. The average Bonchev–Trinajstić information content (AvgIpc) is 2.40. The zero-order valence-electron chi connectivity index (χ0n) is 11.6. The van der Waals surface area contributed by atoms with Gasteiger partial charge >= 0.3 is 0 Å². The first-order valence-electron chi connectivity index (χ1n) is 6.62. The Hall–Kier alpha value is -1.87. The Labute approximate surface area is 115 Å². The van der Waals surface area contributed by atoms with Gasteiger partial charge in [-0.1, -0.05) is 18.2 Å². The molecular formula is C16H21N3. The minimum absolute atomic E-state index is 0.697. The molecule has 3 nitrogen and oxygen atoms in total. The zero-order chi connectivity index (χ0) is 13.7. The molecule has 2 aromatic rings. The molecular weight excluding hydrogens is 234 g/mol. The number of nitrogens with two attached hydrogens (primary N) is 1. The van der Waals surface area contributed by atoms with Gasteiger partial charge in [-0.05, 0) is 49.7 Å². The van der Waals surface area contributed by atoms with Gasteiger partial charge < -0.3 is 10.6 Å². The fourth-order valence-corrected chi connectivity index (χ4v) is 2.11. The van der Waals surface area contributed by atoms with E-state index in [9.17, 15) is 0 Å². The van der Waals surface area contributed by atoms with Crippen molar-refractivity contribution in [3.63, 3.8) is 0 Å². The van der Waals surface area contributed by atoms with Crippen LogP contribution in [0.2, 0.25) is 0 Å². The number of nitrogens with zero attached hydrogens (tertiary/aromatic N) is 2. The van der Waals surface area contributed by atoms with Crippen molar-refractivity contribution >= 4 is 5.69 Å². The van der Waals surface area contributed by atoms with Crippen molar-refractivity contribution in [2.45, 2.75) is 19.9 Å². The zero-order valence-corrected chi connectivity index (χ0v) is 11.6. The number of aryl methyl sites for hydroxylation is 1. The monoisotopic (exact) mass is 255 g/mol. The second-order valence-electron chi connectivity index (χ2n) is 4.83. The number of pyridine rings is 1. The quantitative estimate of drug-likeness (QED) is 0.892. The standard InChI is InChI=1S/C16H21N3/c1-13-4-3-5-15(18-13)12-19(2)16-8-6-14(7-9-16)10-11-17/h3-9H,10-12,17H2,1-2H3. The maximum absolute atomic E-state index is 5.56. The fraction of sp³-hybridized carbons (Fsp3) is 0.312. The van der Waals surface area contributed by atoms with Crippen LogP contribution in [0.25, 0.3) is 0 Å². The van der Waals surface area contributed by atoms with Crippen LogP contribution >= 0.6 is 0 Å². The lowest BCUT2D eigenvalue weighted by Gasteiger charge is -2.19. The molecule has 19 heavy (non-hydrogen) atoms. The lowest BCUT2D eigenvalue weighted by atomic mass is 10.1. The summed E-state index contributed by atoms with van der Waals surface area (Å²) >= 11 is 0. The normalized spacial score (nSPS) is 10.5. The largest absolute Gasteiger partial charge is 0.369 e. The van der Waals surface area contributed by atoms with Gasteiger partial charge in [0, 0.05) is 18.4 Å². The molecule has 2 rings (SSSR count). The summed E-state index contributed by atoms with van der Waals surface area (Å²) in [5.74, 6) is 0. The summed E-state index contributed by atoms with van der Waals surface area (Å²) in [4.78, 5) is 6.73. The van der Waals surface area contributed by atoms with Crippen LogP contribution in [0.3, 0.4) is 0 Å². The van der Waals surface area contributed by atoms with Crippen molar-refractivity contribution in [3.05, 3.63) is 59.4 Å². The molecule has 0 fully saturated rings. The van der Waals surface area contributed by atoms with Gasteiger partial charge in [-0.15, -0.1) is 0 Å². The Balaban J connectivity index is 2.05. The summed E-state index contributed by atoms with van der Waals surface area (Å²) in [5, 5.41) is 0. The Kier molecular flexibility index (Phi) is 4.53. The molecule has 0 atom stereocenters. The first kappa shape index (κ1) is 13.6. The minimum atomic E-state index is 0.697. The third kappa shape index (κ3) is 3.80. The van der Waals surface area contributed by atoms with E-state index < -0.39 is 0 Å². The molecule has 1 aromatic heterocycles. The SMILES string of the molecule is Cc1cccc(CN(C)c2ccc(CCN)cc2)n1. The van der Waals surface area contributed by atoms with E-state index in [1.54, 1.807) is 0 Å². The molecule has 0 amide bonds. The highest BCUT2D eigenvalue weighted by atomic mass is 15.1. The maximum Gasteiger partial charge on any atom is 0.0600 e. The van der Waals surface area contributed by atoms with Crippen LogP contribution in [0.15, 0.2) is 42.5 Å². The van der Waals surface area contributed by atoms with Crippen LogP contribution in [-0.4, -0.2) is 18.6 Å². The molecule has 0 unspecified atom stereocenters. The fourth-order valence-electron chi connectivity index (χ4n) is 2.11. The molecule has 0 aliphatic rings. The molecule has 0 radical (unpaired) electrons. The Morgan fingerprint density at radius 3 is 2.47 bits per heavy atom.